The summed E-state index contributed by atoms with van der Waals surface area (Å²) in [6, 6.07) is 0. The van der Waals surface area contributed by atoms with E-state index in [0.29, 0.717) is 13.2 Å². The molecule has 1 aromatic rings. The summed E-state index contributed by atoms with van der Waals surface area (Å²) in [5.74, 6) is 0.908. The molecule has 0 amide bonds. The summed E-state index contributed by atoms with van der Waals surface area (Å²) in [4.78, 5) is 0. The first-order chi connectivity index (χ1) is 7.35. The van der Waals surface area contributed by atoms with E-state index in [1.807, 2.05) is 4.68 Å². The van der Waals surface area contributed by atoms with Crippen LogP contribution in [0.3, 0.4) is 0 Å². The van der Waals surface area contributed by atoms with Crippen molar-refractivity contribution in [2.75, 3.05) is 7.11 Å². The number of methoxy groups -OCH3 is 1. The Morgan fingerprint density at radius 3 is 2.93 bits per heavy atom. The Labute approximate surface area is 89.6 Å². The lowest BCUT2D eigenvalue weighted by atomic mass is 10.3. The van der Waals surface area contributed by atoms with Crippen molar-refractivity contribution in [3.63, 3.8) is 0 Å². The zero-order chi connectivity index (χ0) is 10.7. The number of nitrogens with zero attached hydrogens (tertiary/aromatic N) is 3. The maximum atomic E-state index is 5.59. The van der Waals surface area contributed by atoms with E-state index in [0.717, 1.165) is 23.9 Å². The minimum Gasteiger partial charge on any atom is -0.378 e. The monoisotopic (exact) mass is 210 g/mol. The van der Waals surface area contributed by atoms with Crippen LogP contribution >= 0.6 is 0 Å². The van der Waals surface area contributed by atoms with Gasteiger partial charge in [-0.25, -0.2) is 4.68 Å². The highest BCUT2D eigenvalue weighted by Crippen LogP contribution is 2.32. The minimum atomic E-state index is 0.433. The number of aryl methyl sites for hydroxylation is 1. The van der Waals surface area contributed by atoms with Crippen molar-refractivity contribution < 1.29 is 4.74 Å². The van der Waals surface area contributed by atoms with E-state index in [1.54, 1.807) is 7.11 Å². The second-order valence-corrected chi connectivity index (χ2v) is 4.08. The molecule has 2 N–H and O–H groups in total. The molecule has 15 heavy (non-hydrogen) atoms. The summed E-state index contributed by atoms with van der Waals surface area (Å²) in [7, 11) is 1.68. The van der Waals surface area contributed by atoms with Gasteiger partial charge in [-0.05, 0) is 12.3 Å². The fraction of sp³-hybridized carbons (Fsp3) is 0.800. The molecule has 1 aliphatic carbocycles. The number of hydrogen-bond acceptors (Lipinski definition) is 4. The summed E-state index contributed by atoms with van der Waals surface area (Å²) < 4.78 is 7.07. The van der Waals surface area contributed by atoms with Gasteiger partial charge in [-0.3, -0.25) is 0 Å². The van der Waals surface area contributed by atoms with Crippen LogP contribution in [-0.4, -0.2) is 22.1 Å². The van der Waals surface area contributed by atoms with Gasteiger partial charge in [-0.15, -0.1) is 5.10 Å². The molecule has 84 valence electrons. The minimum absolute atomic E-state index is 0.433. The molecule has 1 aliphatic rings. The summed E-state index contributed by atoms with van der Waals surface area (Å²) in [6.45, 7) is 1.92. The van der Waals surface area contributed by atoms with Gasteiger partial charge in [0, 0.05) is 20.2 Å². The van der Waals surface area contributed by atoms with E-state index in [9.17, 15) is 0 Å². The van der Waals surface area contributed by atoms with Crippen LogP contribution in [0.5, 0.6) is 0 Å². The standard InChI is InChI=1S/C10H18N4O/c1-15-7-10-9(6-11)12-13-14(10)5-4-8-2-3-8/h8H,2-7,11H2,1H3. The Bertz CT molecular complexity index is 319. The van der Waals surface area contributed by atoms with Crippen molar-refractivity contribution in [2.24, 2.45) is 11.7 Å². The van der Waals surface area contributed by atoms with Crippen LogP contribution in [0.4, 0.5) is 0 Å². The zero-order valence-corrected chi connectivity index (χ0v) is 9.15. The SMILES string of the molecule is COCc1c(CN)nnn1CCC1CC1. The van der Waals surface area contributed by atoms with Crippen molar-refractivity contribution >= 4 is 0 Å². The van der Waals surface area contributed by atoms with Crippen LogP contribution in [0.1, 0.15) is 30.7 Å². The van der Waals surface area contributed by atoms with E-state index < -0.39 is 0 Å². The normalized spacial score (nSPS) is 15.9. The molecule has 0 aliphatic heterocycles. The molecular weight excluding hydrogens is 192 g/mol. The Kier molecular flexibility index (Phi) is 3.33. The Morgan fingerprint density at radius 2 is 2.33 bits per heavy atom. The molecule has 0 radical (unpaired) electrons. The van der Waals surface area contributed by atoms with Crippen LogP contribution < -0.4 is 5.73 Å². The van der Waals surface area contributed by atoms with E-state index >= 15 is 0 Å². The summed E-state index contributed by atoms with van der Waals surface area (Å²) >= 11 is 0. The summed E-state index contributed by atoms with van der Waals surface area (Å²) in [5.41, 5.74) is 7.47. The number of hydrogen-bond donors (Lipinski definition) is 1. The molecule has 0 saturated heterocycles. The third kappa shape index (κ3) is 2.54. The second kappa shape index (κ2) is 4.72. The average Bonchev–Trinajstić information content (AvgIpc) is 2.99. The quantitative estimate of drug-likeness (QED) is 0.750. The first-order valence-corrected chi connectivity index (χ1v) is 5.45. The fourth-order valence-corrected chi connectivity index (χ4v) is 1.71. The predicted molar refractivity (Wildman–Crippen MR) is 56.0 cm³/mol. The van der Waals surface area contributed by atoms with Crippen LogP contribution in [0.25, 0.3) is 0 Å². The van der Waals surface area contributed by atoms with Crippen LogP contribution in [0, 0.1) is 5.92 Å². The highest BCUT2D eigenvalue weighted by atomic mass is 16.5. The summed E-state index contributed by atoms with van der Waals surface area (Å²) in [6.07, 6.45) is 3.94. The van der Waals surface area contributed by atoms with Gasteiger partial charge in [0.2, 0.25) is 0 Å². The first kappa shape index (κ1) is 10.6. The van der Waals surface area contributed by atoms with Crippen LogP contribution in [0.15, 0.2) is 0 Å². The van der Waals surface area contributed by atoms with Gasteiger partial charge in [0.25, 0.3) is 0 Å². The van der Waals surface area contributed by atoms with E-state index in [-0.39, 0.29) is 0 Å². The molecule has 0 unspecified atom stereocenters. The molecule has 1 heterocycles. The van der Waals surface area contributed by atoms with Gasteiger partial charge < -0.3 is 10.5 Å². The highest BCUT2D eigenvalue weighted by Gasteiger charge is 2.21. The van der Waals surface area contributed by atoms with Gasteiger partial charge in [0.1, 0.15) is 5.69 Å². The second-order valence-electron chi connectivity index (χ2n) is 4.08. The maximum Gasteiger partial charge on any atom is 0.102 e. The van der Waals surface area contributed by atoms with Crippen molar-refractivity contribution in [3.8, 4) is 0 Å². The predicted octanol–water partition coefficient (Wildman–Crippen LogP) is 0.683. The molecular formula is C10H18N4O. The maximum absolute atomic E-state index is 5.59. The van der Waals surface area contributed by atoms with Crippen LogP contribution in [0.2, 0.25) is 0 Å². The van der Waals surface area contributed by atoms with Gasteiger partial charge >= 0.3 is 0 Å². The van der Waals surface area contributed by atoms with E-state index in [2.05, 4.69) is 10.3 Å². The van der Waals surface area contributed by atoms with Crippen molar-refractivity contribution in [2.45, 2.75) is 39.0 Å². The lowest BCUT2D eigenvalue weighted by Gasteiger charge is -2.05. The van der Waals surface area contributed by atoms with Crippen molar-refractivity contribution in [3.05, 3.63) is 11.4 Å². The van der Waals surface area contributed by atoms with Crippen molar-refractivity contribution in [1.29, 1.82) is 0 Å². The topological polar surface area (TPSA) is 66.0 Å². The molecule has 1 fully saturated rings. The molecule has 0 bridgehead atoms. The van der Waals surface area contributed by atoms with Crippen molar-refractivity contribution in [1.82, 2.24) is 15.0 Å². The van der Waals surface area contributed by atoms with Gasteiger partial charge in [0.15, 0.2) is 0 Å². The molecule has 0 aromatic carbocycles. The third-order valence-electron chi connectivity index (χ3n) is 2.84. The average molecular weight is 210 g/mol. The van der Waals surface area contributed by atoms with Crippen LogP contribution in [-0.2, 0) is 24.4 Å². The Hall–Kier alpha value is -0.940. The van der Waals surface area contributed by atoms with E-state index in [4.69, 9.17) is 10.5 Å². The highest BCUT2D eigenvalue weighted by molar-refractivity contribution is 5.08. The molecule has 0 atom stereocenters. The van der Waals surface area contributed by atoms with E-state index in [1.165, 1.54) is 19.3 Å². The molecule has 5 nitrogen and oxygen atoms in total. The lowest BCUT2D eigenvalue weighted by molar-refractivity contribution is 0.175. The first-order valence-electron chi connectivity index (χ1n) is 5.45. The Balaban J connectivity index is 2.02. The smallest absolute Gasteiger partial charge is 0.102 e. The molecule has 5 heteroatoms. The molecule has 1 saturated carbocycles. The number of nitrogens with two attached hydrogens (primary N) is 1. The zero-order valence-electron chi connectivity index (χ0n) is 9.15. The largest absolute Gasteiger partial charge is 0.378 e. The molecule has 1 aromatic heterocycles. The van der Waals surface area contributed by atoms with Gasteiger partial charge in [0.05, 0.1) is 12.3 Å². The lowest BCUT2D eigenvalue weighted by Crippen LogP contribution is -2.09. The number of aromatic nitrogens is 3. The third-order valence-corrected chi connectivity index (χ3v) is 2.84. The molecule has 0 spiro atoms. The summed E-state index contributed by atoms with van der Waals surface area (Å²) in [5, 5.41) is 8.17. The Morgan fingerprint density at radius 1 is 1.53 bits per heavy atom. The fourth-order valence-electron chi connectivity index (χ4n) is 1.71. The number of rotatable bonds is 6. The van der Waals surface area contributed by atoms with Gasteiger partial charge in [-0.2, -0.15) is 0 Å². The number of ether oxygens (including phenoxy) is 1. The van der Waals surface area contributed by atoms with Gasteiger partial charge in [-0.1, -0.05) is 18.1 Å². The molecule has 2 rings (SSSR count).